The summed E-state index contributed by atoms with van der Waals surface area (Å²) in [5.74, 6) is 0.436. The van der Waals surface area contributed by atoms with Crippen molar-refractivity contribution >= 4 is 32.8 Å². The number of sulfone groups is 1. The van der Waals surface area contributed by atoms with Gasteiger partial charge >= 0.3 is 0 Å². The quantitative estimate of drug-likeness (QED) is 0.475. The Hall–Kier alpha value is -2.64. The van der Waals surface area contributed by atoms with E-state index in [9.17, 15) is 13.2 Å². The van der Waals surface area contributed by atoms with Gasteiger partial charge < -0.3 is 10.1 Å². The van der Waals surface area contributed by atoms with Crippen molar-refractivity contribution in [3.05, 3.63) is 69.9 Å². The molecule has 0 radical (unpaired) electrons. The highest BCUT2D eigenvalue weighted by Crippen LogP contribution is 2.46. The molecule has 0 bridgehead atoms. The van der Waals surface area contributed by atoms with Crippen molar-refractivity contribution in [1.82, 2.24) is 0 Å². The van der Waals surface area contributed by atoms with Crippen LogP contribution in [0.4, 0.5) is 5.69 Å². The van der Waals surface area contributed by atoms with Crippen LogP contribution in [0.15, 0.2) is 63.7 Å². The summed E-state index contributed by atoms with van der Waals surface area (Å²) in [7, 11) is -3.73. The molecule has 162 valence electrons. The van der Waals surface area contributed by atoms with Gasteiger partial charge in [-0.15, -0.1) is 11.3 Å². The number of nitrogens with one attached hydrogen (secondary N) is 1. The van der Waals surface area contributed by atoms with Crippen molar-refractivity contribution in [2.24, 2.45) is 0 Å². The zero-order valence-electron chi connectivity index (χ0n) is 17.6. The summed E-state index contributed by atoms with van der Waals surface area (Å²) >= 11 is 1.38. The molecule has 1 aliphatic heterocycles. The molecule has 0 aliphatic carbocycles. The zero-order valence-corrected chi connectivity index (χ0v) is 19.2. The second-order valence-corrected chi connectivity index (χ2v) is 10.6. The van der Waals surface area contributed by atoms with Crippen LogP contribution in [0.2, 0.25) is 0 Å². The Balaban J connectivity index is 1.67. The maximum atomic E-state index is 13.3. The van der Waals surface area contributed by atoms with Crippen molar-refractivity contribution < 1.29 is 17.9 Å². The highest BCUT2D eigenvalue weighted by Gasteiger charge is 2.34. The van der Waals surface area contributed by atoms with E-state index in [1.807, 2.05) is 37.3 Å². The summed E-state index contributed by atoms with van der Waals surface area (Å²) in [5.41, 5.74) is 2.25. The zero-order chi connectivity index (χ0) is 22.0. The first kappa shape index (κ1) is 21.6. The van der Waals surface area contributed by atoms with Crippen LogP contribution in [0, 0.1) is 6.92 Å². The van der Waals surface area contributed by atoms with Crippen molar-refractivity contribution in [2.75, 3.05) is 11.9 Å². The lowest BCUT2D eigenvalue weighted by molar-refractivity contribution is -0.116. The van der Waals surface area contributed by atoms with Gasteiger partial charge in [-0.25, -0.2) is 8.42 Å². The number of fused-ring (bicyclic) bond motifs is 1. The number of rotatable bonds is 7. The van der Waals surface area contributed by atoms with Crippen LogP contribution in [0.3, 0.4) is 0 Å². The summed E-state index contributed by atoms with van der Waals surface area (Å²) in [6, 6.07) is 14.6. The number of hydrogen-bond donors (Lipinski definition) is 1. The maximum absolute atomic E-state index is 13.3. The third-order valence-electron chi connectivity index (χ3n) is 5.39. The molecule has 0 fully saturated rings. The molecule has 0 spiro atoms. The number of benzene rings is 2. The summed E-state index contributed by atoms with van der Waals surface area (Å²) in [6.45, 7) is 4.65. The molecule has 0 unspecified atom stereocenters. The largest absolute Gasteiger partial charge is 0.494 e. The molecule has 1 N–H and O–H groups in total. The van der Waals surface area contributed by atoms with Gasteiger partial charge in [0.2, 0.25) is 15.7 Å². The van der Waals surface area contributed by atoms with Gasteiger partial charge in [0.25, 0.3) is 0 Å². The normalized spacial score (nSPS) is 15.9. The standard InChI is InChI=1S/C24H25NO4S2/c1-3-4-12-29-18-10-8-17(9-11-18)20-14-22(26)25-23-21(15-30-24(20)23)31(27,28)19-7-5-6-16(2)13-19/h5-11,13,15,20H,3-4,12,14H2,1-2H3,(H,25,26)/t20-/m1/s1. The van der Waals surface area contributed by atoms with E-state index in [0.717, 1.165) is 34.6 Å². The molecular formula is C24H25NO4S2. The summed E-state index contributed by atoms with van der Waals surface area (Å²) in [6.07, 6.45) is 2.36. The predicted octanol–water partition coefficient (Wildman–Crippen LogP) is 5.54. The minimum Gasteiger partial charge on any atom is -0.494 e. The highest BCUT2D eigenvalue weighted by atomic mass is 32.2. The number of ether oxygens (including phenoxy) is 1. The summed E-state index contributed by atoms with van der Waals surface area (Å²) < 4.78 is 32.3. The Bertz CT molecular complexity index is 1200. The fourth-order valence-corrected chi connectivity index (χ4v) is 6.72. The monoisotopic (exact) mass is 455 g/mol. The van der Waals surface area contributed by atoms with E-state index >= 15 is 0 Å². The SMILES string of the molecule is CCCCOc1ccc([C@H]2CC(=O)Nc3c(S(=O)(=O)c4cccc(C)c4)csc32)cc1. The minimum absolute atomic E-state index is 0.163. The topological polar surface area (TPSA) is 72.5 Å². The smallest absolute Gasteiger partial charge is 0.225 e. The number of anilines is 1. The van der Waals surface area contributed by atoms with Crippen molar-refractivity contribution in [3.8, 4) is 5.75 Å². The number of carbonyl (C=O) groups excluding carboxylic acids is 1. The number of aryl methyl sites for hydroxylation is 1. The second kappa shape index (κ2) is 8.85. The van der Waals surface area contributed by atoms with Crippen molar-refractivity contribution in [3.63, 3.8) is 0 Å². The number of amides is 1. The molecule has 7 heteroatoms. The highest BCUT2D eigenvalue weighted by molar-refractivity contribution is 7.91. The van der Waals surface area contributed by atoms with Crippen molar-refractivity contribution in [2.45, 2.75) is 48.8 Å². The van der Waals surface area contributed by atoms with Gasteiger partial charge in [0, 0.05) is 22.6 Å². The molecule has 4 rings (SSSR count). The Kier molecular flexibility index (Phi) is 6.16. The van der Waals surface area contributed by atoms with E-state index in [1.165, 1.54) is 11.3 Å². The molecule has 0 saturated heterocycles. The first-order valence-corrected chi connectivity index (χ1v) is 12.7. The van der Waals surface area contributed by atoms with Gasteiger partial charge in [0.15, 0.2) is 0 Å². The van der Waals surface area contributed by atoms with E-state index < -0.39 is 9.84 Å². The second-order valence-electron chi connectivity index (χ2n) is 7.74. The van der Waals surface area contributed by atoms with Gasteiger partial charge in [-0.2, -0.15) is 0 Å². The van der Waals surface area contributed by atoms with E-state index in [4.69, 9.17) is 4.74 Å². The van der Waals surface area contributed by atoms with Crippen molar-refractivity contribution in [1.29, 1.82) is 0 Å². The van der Waals surface area contributed by atoms with Crippen LogP contribution in [0.5, 0.6) is 5.75 Å². The average molecular weight is 456 g/mol. The third kappa shape index (κ3) is 4.38. The Morgan fingerprint density at radius 1 is 1.16 bits per heavy atom. The molecule has 31 heavy (non-hydrogen) atoms. The Labute approximate surface area is 187 Å². The molecule has 1 amide bonds. The average Bonchev–Trinajstić information content (AvgIpc) is 3.18. The van der Waals surface area contributed by atoms with Crippen LogP contribution in [0.25, 0.3) is 0 Å². The molecule has 0 saturated carbocycles. The molecular weight excluding hydrogens is 430 g/mol. The van der Waals surface area contributed by atoms with Gasteiger partial charge in [-0.3, -0.25) is 4.79 Å². The van der Waals surface area contributed by atoms with E-state index in [0.29, 0.717) is 12.3 Å². The minimum atomic E-state index is -3.73. The fourth-order valence-electron chi connectivity index (χ4n) is 3.71. The van der Waals surface area contributed by atoms with Gasteiger partial charge in [-0.05, 0) is 48.7 Å². The molecule has 2 aromatic carbocycles. The maximum Gasteiger partial charge on any atom is 0.225 e. The first-order chi connectivity index (χ1) is 14.9. The molecule has 1 atom stereocenters. The Morgan fingerprint density at radius 3 is 2.65 bits per heavy atom. The predicted molar refractivity (Wildman–Crippen MR) is 123 cm³/mol. The molecule has 5 nitrogen and oxygen atoms in total. The van der Waals surface area contributed by atoms with E-state index in [2.05, 4.69) is 12.2 Å². The van der Waals surface area contributed by atoms with E-state index in [-0.39, 0.29) is 28.0 Å². The molecule has 1 aromatic heterocycles. The number of hydrogen-bond acceptors (Lipinski definition) is 5. The molecule has 3 aromatic rings. The first-order valence-electron chi connectivity index (χ1n) is 10.4. The lowest BCUT2D eigenvalue weighted by Crippen LogP contribution is -2.23. The number of carbonyl (C=O) groups is 1. The molecule has 2 heterocycles. The van der Waals surface area contributed by atoms with Crippen LogP contribution in [0.1, 0.15) is 48.1 Å². The van der Waals surface area contributed by atoms with Gasteiger partial charge in [-0.1, -0.05) is 37.6 Å². The van der Waals surface area contributed by atoms with E-state index in [1.54, 1.807) is 23.6 Å². The summed E-state index contributed by atoms with van der Waals surface area (Å²) in [4.78, 5) is 13.8. The Morgan fingerprint density at radius 2 is 1.94 bits per heavy atom. The summed E-state index contributed by atoms with van der Waals surface area (Å²) in [5, 5.41) is 4.45. The van der Waals surface area contributed by atoms with Gasteiger partial charge in [0.1, 0.15) is 10.6 Å². The van der Waals surface area contributed by atoms with Crippen LogP contribution in [-0.4, -0.2) is 20.9 Å². The van der Waals surface area contributed by atoms with Crippen LogP contribution in [-0.2, 0) is 14.6 Å². The lowest BCUT2D eigenvalue weighted by atomic mass is 9.90. The van der Waals surface area contributed by atoms with Gasteiger partial charge in [0.05, 0.1) is 17.2 Å². The molecule has 1 aliphatic rings. The third-order valence-corrected chi connectivity index (χ3v) is 8.42. The van der Waals surface area contributed by atoms with Crippen LogP contribution >= 0.6 is 11.3 Å². The number of thiophene rings is 1. The fraction of sp³-hybridized carbons (Fsp3) is 0.292. The lowest BCUT2D eigenvalue weighted by Gasteiger charge is -2.24. The van der Waals surface area contributed by atoms with Crippen LogP contribution < -0.4 is 10.1 Å². The number of unbranched alkanes of at least 4 members (excludes halogenated alkanes) is 1.